The fourth-order valence-electron chi connectivity index (χ4n) is 7.04. The maximum absolute atomic E-state index is 11.4. The van der Waals surface area contributed by atoms with Crippen molar-refractivity contribution in [3.05, 3.63) is 28.8 Å². The van der Waals surface area contributed by atoms with E-state index in [2.05, 4.69) is 98.5 Å². The highest BCUT2D eigenvalue weighted by atomic mass is 16.3. The minimum Gasteiger partial charge on any atom is -0.507 e. The number of piperidine rings is 1. The quantitative estimate of drug-likeness (QED) is 0.300. The van der Waals surface area contributed by atoms with Crippen LogP contribution in [0.15, 0.2) is 12.1 Å². The van der Waals surface area contributed by atoms with E-state index in [1.54, 1.807) is 6.92 Å². The summed E-state index contributed by atoms with van der Waals surface area (Å²) in [5.74, 6) is 1.49. The molecule has 1 saturated heterocycles. The molecule has 1 aliphatic heterocycles. The molecule has 2 rings (SSSR count). The zero-order valence-electron chi connectivity index (χ0n) is 27.0. The van der Waals surface area contributed by atoms with E-state index in [0.29, 0.717) is 17.6 Å². The van der Waals surface area contributed by atoms with Crippen LogP contribution in [0.5, 0.6) is 5.75 Å². The zero-order valence-corrected chi connectivity index (χ0v) is 27.0. The van der Waals surface area contributed by atoms with Gasteiger partial charge in [0.15, 0.2) is 0 Å². The first-order valence-electron chi connectivity index (χ1n) is 15.2. The van der Waals surface area contributed by atoms with E-state index < -0.39 is 0 Å². The summed E-state index contributed by atoms with van der Waals surface area (Å²) >= 11 is 0. The number of rotatable bonds is 10. The highest BCUT2D eigenvalue weighted by Crippen LogP contribution is 2.50. The molecule has 1 fully saturated rings. The first-order valence-corrected chi connectivity index (χ1v) is 15.2. The summed E-state index contributed by atoms with van der Waals surface area (Å²) in [7, 11) is 0. The average Bonchev–Trinajstić information content (AvgIpc) is 2.73. The number of nitrogens with one attached hydrogen (secondary N) is 1. The fourth-order valence-corrected chi connectivity index (χ4v) is 7.04. The molecule has 0 saturated carbocycles. The van der Waals surface area contributed by atoms with Gasteiger partial charge in [-0.3, -0.25) is 9.69 Å². The Morgan fingerprint density at radius 3 is 1.89 bits per heavy atom. The lowest BCUT2D eigenvalue weighted by atomic mass is 9.65. The van der Waals surface area contributed by atoms with Gasteiger partial charge in [-0.05, 0) is 106 Å². The molecule has 0 bridgehead atoms. The Morgan fingerprint density at radius 2 is 1.47 bits per heavy atom. The molecule has 4 nitrogen and oxygen atoms in total. The van der Waals surface area contributed by atoms with Crippen molar-refractivity contribution >= 4 is 5.91 Å². The third-order valence-electron chi connectivity index (χ3n) is 8.78. The summed E-state index contributed by atoms with van der Waals surface area (Å²) < 4.78 is 0. The summed E-state index contributed by atoms with van der Waals surface area (Å²) in [6.45, 7) is 28.8. The van der Waals surface area contributed by atoms with E-state index >= 15 is 0 Å². The van der Waals surface area contributed by atoms with Crippen LogP contribution >= 0.6 is 0 Å². The van der Waals surface area contributed by atoms with Gasteiger partial charge in [0, 0.05) is 24.5 Å². The molecular weight excluding hydrogens is 468 g/mol. The molecule has 0 aliphatic carbocycles. The van der Waals surface area contributed by atoms with Crippen molar-refractivity contribution in [2.75, 3.05) is 13.1 Å². The molecule has 1 aromatic carbocycles. The minimum atomic E-state index is -0.141. The summed E-state index contributed by atoms with van der Waals surface area (Å²) in [5, 5.41) is 14.4. The van der Waals surface area contributed by atoms with Crippen LogP contribution in [0.1, 0.15) is 151 Å². The predicted molar refractivity (Wildman–Crippen MR) is 163 cm³/mol. The molecule has 38 heavy (non-hydrogen) atoms. The predicted octanol–water partition coefficient (Wildman–Crippen LogP) is 8.45. The number of likely N-dealkylation sites (tertiary alicyclic amines) is 1. The third-order valence-corrected chi connectivity index (χ3v) is 8.78. The van der Waals surface area contributed by atoms with Crippen LogP contribution in [0.2, 0.25) is 0 Å². The van der Waals surface area contributed by atoms with E-state index in [-0.39, 0.29) is 27.8 Å². The number of amides is 1. The van der Waals surface area contributed by atoms with Crippen molar-refractivity contribution in [1.82, 2.24) is 10.2 Å². The molecule has 1 aliphatic rings. The first kappa shape index (κ1) is 32.7. The lowest BCUT2D eigenvalue weighted by Gasteiger charge is -2.57. The Bertz CT molecular complexity index is 880. The fraction of sp³-hybridized carbons (Fsp3) is 0.794. The van der Waals surface area contributed by atoms with Crippen molar-refractivity contribution in [2.45, 2.75) is 156 Å². The van der Waals surface area contributed by atoms with Crippen LogP contribution in [0.3, 0.4) is 0 Å². The third kappa shape index (κ3) is 8.23. The van der Waals surface area contributed by atoms with Gasteiger partial charge in [0.05, 0.1) is 0 Å². The molecule has 0 radical (unpaired) electrons. The standard InChI is InChI=1S/C34H60N2O2/c1-13-14-19-36-33(9,10)22-26(23-34(36,11)12)27(17-15-16-18-35-24(2)37)25-20-28(31(3,4)5)30(38)29(21-25)32(6,7)8/h20-21,26-27,38H,13-19,22-23H2,1-12H3,(H,35,37). The Labute approximate surface area is 235 Å². The molecule has 1 heterocycles. The van der Waals surface area contributed by atoms with Gasteiger partial charge in [-0.25, -0.2) is 0 Å². The van der Waals surface area contributed by atoms with E-state index in [4.69, 9.17) is 0 Å². The van der Waals surface area contributed by atoms with Gasteiger partial charge < -0.3 is 10.4 Å². The number of benzene rings is 1. The van der Waals surface area contributed by atoms with E-state index in [9.17, 15) is 9.90 Å². The van der Waals surface area contributed by atoms with Crippen molar-refractivity contribution in [3.8, 4) is 5.75 Å². The number of carbonyl (C=O) groups is 1. The monoisotopic (exact) mass is 528 g/mol. The molecule has 2 N–H and O–H groups in total. The van der Waals surface area contributed by atoms with E-state index in [1.165, 1.54) is 31.2 Å². The van der Waals surface area contributed by atoms with Crippen molar-refractivity contribution in [1.29, 1.82) is 0 Å². The van der Waals surface area contributed by atoms with Gasteiger partial charge in [0.2, 0.25) is 5.91 Å². The number of unbranched alkanes of at least 4 members (excludes halogenated alkanes) is 2. The molecule has 218 valence electrons. The first-order chi connectivity index (χ1) is 17.3. The highest BCUT2D eigenvalue weighted by Gasteiger charge is 2.47. The Morgan fingerprint density at radius 1 is 0.974 bits per heavy atom. The lowest BCUT2D eigenvalue weighted by molar-refractivity contribution is -0.118. The Balaban J connectivity index is 2.56. The SMILES string of the molecule is CCCCN1C(C)(C)CC(C(CCCCNC(C)=O)c2cc(C(C)(C)C)c(O)c(C(C)(C)C)c2)CC1(C)C. The number of phenols is 1. The van der Waals surface area contributed by atoms with Crippen LogP contribution in [0, 0.1) is 5.92 Å². The van der Waals surface area contributed by atoms with Crippen LogP contribution in [0.25, 0.3) is 0 Å². The van der Waals surface area contributed by atoms with Gasteiger partial charge in [-0.15, -0.1) is 0 Å². The molecule has 0 aromatic heterocycles. The largest absolute Gasteiger partial charge is 0.507 e. The van der Waals surface area contributed by atoms with Gasteiger partial charge >= 0.3 is 0 Å². The molecule has 0 spiro atoms. The maximum Gasteiger partial charge on any atom is 0.216 e. The molecule has 1 unspecified atom stereocenters. The number of phenolic OH excluding ortho intramolecular Hbond substituents is 1. The lowest BCUT2D eigenvalue weighted by Crippen LogP contribution is -2.61. The smallest absolute Gasteiger partial charge is 0.216 e. The zero-order chi connectivity index (χ0) is 29.1. The number of hydrogen-bond acceptors (Lipinski definition) is 3. The molecule has 4 heteroatoms. The van der Waals surface area contributed by atoms with E-state index in [1.807, 2.05) is 0 Å². The van der Waals surface area contributed by atoms with Crippen LogP contribution in [-0.4, -0.2) is 40.1 Å². The topological polar surface area (TPSA) is 52.6 Å². The van der Waals surface area contributed by atoms with Crippen LogP contribution in [0.4, 0.5) is 0 Å². The molecular formula is C34H60N2O2. The summed E-state index contributed by atoms with van der Waals surface area (Å²) in [4.78, 5) is 14.2. The Kier molecular flexibility index (Phi) is 10.6. The number of carbonyl (C=O) groups excluding carboxylic acids is 1. The number of hydrogen-bond donors (Lipinski definition) is 2. The second-order valence-corrected chi connectivity index (χ2v) is 15.3. The van der Waals surface area contributed by atoms with Crippen molar-refractivity contribution < 1.29 is 9.90 Å². The second-order valence-electron chi connectivity index (χ2n) is 15.3. The van der Waals surface area contributed by atoms with Crippen molar-refractivity contribution in [3.63, 3.8) is 0 Å². The number of aromatic hydroxyl groups is 1. The summed E-state index contributed by atoms with van der Waals surface area (Å²) in [6.07, 6.45) is 7.99. The minimum absolute atomic E-state index is 0.0488. The highest BCUT2D eigenvalue weighted by molar-refractivity contribution is 5.72. The summed E-state index contributed by atoms with van der Waals surface area (Å²) in [5.41, 5.74) is 3.48. The summed E-state index contributed by atoms with van der Waals surface area (Å²) in [6, 6.07) is 4.65. The molecule has 1 amide bonds. The van der Waals surface area contributed by atoms with E-state index in [0.717, 1.165) is 43.5 Å². The van der Waals surface area contributed by atoms with Gasteiger partial charge in [-0.1, -0.05) is 73.4 Å². The van der Waals surface area contributed by atoms with Crippen molar-refractivity contribution in [2.24, 2.45) is 5.92 Å². The van der Waals surface area contributed by atoms with Gasteiger partial charge in [-0.2, -0.15) is 0 Å². The van der Waals surface area contributed by atoms with Gasteiger partial charge in [0.1, 0.15) is 5.75 Å². The normalized spacial score (nSPS) is 19.4. The maximum atomic E-state index is 11.4. The average molecular weight is 529 g/mol. The second kappa shape index (κ2) is 12.3. The Hall–Kier alpha value is -1.55. The molecule has 1 aromatic rings. The number of nitrogens with zero attached hydrogens (tertiary/aromatic N) is 1. The van der Waals surface area contributed by atoms with Gasteiger partial charge in [0.25, 0.3) is 0 Å². The van der Waals surface area contributed by atoms with Crippen LogP contribution < -0.4 is 5.32 Å². The molecule has 1 atom stereocenters. The van der Waals surface area contributed by atoms with Crippen LogP contribution in [-0.2, 0) is 15.6 Å².